The fraction of sp³-hybridized carbons (Fsp3) is 0.263. The molecule has 1 aromatic carbocycles. The second-order valence-electron chi connectivity index (χ2n) is 5.66. The molecule has 6 heteroatoms. The highest BCUT2D eigenvalue weighted by atomic mass is 16.2. The number of nitrogens with one attached hydrogen (secondary N) is 1. The van der Waals surface area contributed by atoms with Gasteiger partial charge in [0.1, 0.15) is 0 Å². The Bertz CT molecular complexity index is 742. The molecule has 1 aromatic heterocycles. The van der Waals surface area contributed by atoms with Gasteiger partial charge in [0.2, 0.25) is 11.8 Å². The van der Waals surface area contributed by atoms with Crippen molar-refractivity contribution in [2.75, 3.05) is 11.4 Å². The molecule has 0 radical (unpaired) electrons. The average Bonchev–Trinajstić information content (AvgIpc) is 2.61. The zero-order valence-electron chi connectivity index (χ0n) is 14.4. The van der Waals surface area contributed by atoms with E-state index in [1.54, 1.807) is 36.7 Å². The number of carbonyl (C=O) groups excluding carboxylic acids is 3. The lowest BCUT2D eigenvalue weighted by Crippen LogP contribution is -2.33. The van der Waals surface area contributed by atoms with Crippen molar-refractivity contribution < 1.29 is 14.4 Å². The van der Waals surface area contributed by atoms with Gasteiger partial charge in [-0.25, -0.2) is 0 Å². The Kier molecular flexibility index (Phi) is 6.39. The Hall–Kier alpha value is -3.02. The number of hydrogen-bond donors (Lipinski definition) is 1. The highest BCUT2D eigenvalue weighted by Gasteiger charge is 2.14. The Morgan fingerprint density at radius 3 is 2.20 bits per heavy atom. The molecule has 130 valence electrons. The highest BCUT2D eigenvalue weighted by Crippen LogP contribution is 2.16. The fourth-order valence-corrected chi connectivity index (χ4v) is 2.35. The van der Waals surface area contributed by atoms with Gasteiger partial charge in [-0.1, -0.05) is 0 Å². The van der Waals surface area contributed by atoms with Crippen LogP contribution in [-0.2, 0) is 16.1 Å². The molecule has 0 unspecified atom stereocenters. The van der Waals surface area contributed by atoms with Crippen LogP contribution >= 0.6 is 0 Å². The van der Waals surface area contributed by atoms with Crippen LogP contribution in [0.15, 0.2) is 48.8 Å². The number of anilines is 1. The smallest absolute Gasteiger partial charge is 0.223 e. The molecule has 0 saturated carbocycles. The Labute approximate surface area is 146 Å². The van der Waals surface area contributed by atoms with Gasteiger partial charge in [-0.3, -0.25) is 19.4 Å². The molecule has 0 fully saturated rings. The van der Waals surface area contributed by atoms with E-state index >= 15 is 0 Å². The molecule has 0 spiro atoms. The lowest BCUT2D eigenvalue weighted by molar-refractivity contribution is -0.121. The molecule has 1 heterocycles. The van der Waals surface area contributed by atoms with Crippen LogP contribution in [0.1, 0.15) is 36.2 Å². The molecule has 2 aromatic rings. The van der Waals surface area contributed by atoms with Gasteiger partial charge in [0.15, 0.2) is 5.78 Å². The van der Waals surface area contributed by atoms with Crippen molar-refractivity contribution in [1.29, 1.82) is 0 Å². The summed E-state index contributed by atoms with van der Waals surface area (Å²) >= 11 is 0. The SMILES string of the molecule is CC(=O)c1ccc(N(CCC(=O)NCc2ccncc2)C(C)=O)cc1. The summed E-state index contributed by atoms with van der Waals surface area (Å²) in [5.41, 5.74) is 2.22. The van der Waals surface area contributed by atoms with E-state index in [1.807, 2.05) is 12.1 Å². The molecular formula is C19H21N3O3. The van der Waals surface area contributed by atoms with Gasteiger partial charge in [-0.05, 0) is 48.9 Å². The normalized spacial score (nSPS) is 10.2. The van der Waals surface area contributed by atoms with E-state index in [0.29, 0.717) is 17.8 Å². The van der Waals surface area contributed by atoms with E-state index in [1.165, 1.54) is 18.7 Å². The number of pyridine rings is 1. The van der Waals surface area contributed by atoms with Gasteiger partial charge in [-0.2, -0.15) is 0 Å². The predicted octanol–water partition coefficient (Wildman–Crippen LogP) is 2.34. The first-order valence-corrected chi connectivity index (χ1v) is 8.02. The van der Waals surface area contributed by atoms with Crippen molar-refractivity contribution in [2.24, 2.45) is 0 Å². The molecular weight excluding hydrogens is 318 g/mol. The number of aromatic nitrogens is 1. The van der Waals surface area contributed by atoms with E-state index in [0.717, 1.165) is 5.56 Å². The third-order valence-corrected chi connectivity index (χ3v) is 3.77. The third-order valence-electron chi connectivity index (χ3n) is 3.77. The number of carbonyl (C=O) groups is 3. The molecule has 0 aliphatic carbocycles. The zero-order valence-corrected chi connectivity index (χ0v) is 14.4. The minimum Gasteiger partial charge on any atom is -0.352 e. The molecule has 0 bridgehead atoms. The van der Waals surface area contributed by atoms with Crippen LogP contribution in [0, 0.1) is 0 Å². The number of ketones is 1. The summed E-state index contributed by atoms with van der Waals surface area (Å²) in [4.78, 5) is 40.7. The second kappa shape index (κ2) is 8.73. The standard InChI is InChI=1S/C19H21N3O3/c1-14(23)17-3-5-18(6-4-17)22(15(2)24)12-9-19(25)21-13-16-7-10-20-11-8-16/h3-8,10-11H,9,12-13H2,1-2H3,(H,21,25). The Balaban J connectivity index is 1.91. The number of Topliss-reactive ketones (excluding diaryl/α,β-unsaturated/α-hetero) is 1. The van der Waals surface area contributed by atoms with Gasteiger partial charge in [0.05, 0.1) is 0 Å². The van der Waals surface area contributed by atoms with Crippen LogP contribution in [0.3, 0.4) is 0 Å². The summed E-state index contributed by atoms with van der Waals surface area (Å²) < 4.78 is 0. The Morgan fingerprint density at radius 1 is 1.00 bits per heavy atom. The maximum atomic E-state index is 12.0. The monoisotopic (exact) mass is 339 g/mol. The first kappa shape index (κ1) is 18.3. The van der Waals surface area contributed by atoms with E-state index in [-0.39, 0.29) is 30.6 Å². The minimum absolute atomic E-state index is 0.0311. The quantitative estimate of drug-likeness (QED) is 0.785. The fourth-order valence-electron chi connectivity index (χ4n) is 2.35. The number of nitrogens with zero attached hydrogens (tertiary/aromatic N) is 2. The van der Waals surface area contributed by atoms with Crippen LogP contribution in [0.25, 0.3) is 0 Å². The zero-order chi connectivity index (χ0) is 18.2. The van der Waals surface area contributed by atoms with Crippen molar-refractivity contribution >= 4 is 23.3 Å². The maximum absolute atomic E-state index is 12.0. The van der Waals surface area contributed by atoms with E-state index in [2.05, 4.69) is 10.3 Å². The molecule has 0 aliphatic heterocycles. The molecule has 6 nitrogen and oxygen atoms in total. The Morgan fingerprint density at radius 2 is 1.64 bits per heavy atom. The number of rotatable bonds is 7. The summed E-state index contributed by atoms with van der Waals surface area (Å²) in [6.07, 6.45) is 3.53. The van der Waals surface area contributed by atoms with Crippen molar-refractivity contribution in [2.45, 2.75) is 26.8 Å². The molecule has 0 aliphatic rings. The van der Waals surface area contributed by atoms with Crippen LogP contribution < -0.4 is 10.2 Å². The van der Waals surface area contributed by atoms with Crippen molar-refractivity contribution in [3.05, 3.63) is 59.9 Å². The lowest BCUT2D eigenvalue weighted by Gasteiger charge is -2.21. The first-order chi connectivity index (χ1) is 12.0. The van der Waals surface area contributed by atoms with Crippen molar-refractivity contribution in [1.82, 2.24) is 10.3 Å². The molecule has 0 atom stereocenters. The van der Waals surface area contributed by atoms with E-state index < -0.39 is 0 Å². The first-order valence-electron chi connectivity index (χ1n) is 8.02. The van der Waals surface area contributed by atoms with Gasteiger partial charge in [0, 0.05) is 50.1 Å². The van der Waals surface area contributed by atoms with Crippen LogP contribution in [-0.4, -0.2) is 29.1 Å². The summed E-state index contributed by atoms with van der Waals surface area (Å²) in [7, 11) is 0. The van der Waals surface area contributed by atoms with E-state index in [4.69, 9.17) is 0 Å². The van der Waals surface area contributed by atoms with Gasteiger partial charge in [-0.15, -0.1) is 0 Å². The van der Waals surface area contributed by atoms with Crippen LogP contribution in [0.4, 0.5) is 5.69 Å². The number of amides is 2. The van der Waals surface area contributed by atoms with Gasteiger partial charge >= 0.3 is 0 Å². The van der Waals surface area contributed by atoms with Gasteiger partial charge in [0.25, 0.3) is 0 Å². The molecule has 25 heavy (non-hydrogen) atoms. The summed E-state index contributed by atoms with van der Waals surface area (Å²) in [5, 5.41) is 2.82. The third kappa shape index (κ3) is 5.53. The van der Waals surface area contributed by atoms with Crippen LogP contribution in [0.2, 0.25) is 0 Å². The predicted molar refractivity (Wildman–Crippen MR) is 95.2 cm³/mol. The number of hydrogen-bond acceptors (Lipinski definition) is 4. The summed E-state index contributed by atoms with van der Waals surface area (Å²) in [6.45, 7) is 3.64. The second-order valence-corrected chi connectivity index (χ2v) is 5.66. The van der Waals surface area contributed by atoms with Gasteiger partial charge < -0.3 is 10.2 Å². The summed E-state index contributed by atoms with van der Waals surface area (Å²) in [5.74, 6) is -0.322. The van der Waals surface area contributed by atoms with E-state index in [9.17, 15) is 14.4 Å². The molecule has 2 rings (SSSR count). The topological polar surface area (TPSA) is 79.4 Å². The van der Waals surface area contributed by atoms with Crippen molar-refractivity contribution in [3.63, 3.8) is 0 Å². The van der Waals surface area contributed by atoms with Crippen LogP contribution in [0.5, 0.6) is 0 Å². The number of benzene rings is 1. The lowest BCUT2D eigenvalue weighted by atomic mass is 10.1. The average molecular weight is 339 g/mol. The van der Waals surface area contributed by atoms with Crippen molar-refractivity contribution in [3.8, 4) is 0 Å². The maximum Gasteiger partial charge on any atom is 0.223 e. The summed E-state index contributed by atoms with van der Waals surface area (Å²) in [6, 6.07) is 10.5. The molecule has 2 amide bonds. The highest BCUT2D eigenvalue weighted by molar-refractivity contribution is 5.96. The molecule has 1 N–H and O–H groups in total. The largest absolute Gasteiger partial charge is 0.352 e. The minimum atomic E-state index is -0.155. The molecule has 0 saturated heterocycles.